The van der Waals surface area contributed by atoms with Gasteiger partial charge < -0.3 is 5.11 Å². The lowest BCUT2D eigenvalue weighted by Crippen LogP contribution is -2.33. The van der Waals surface area contributed by atoms with Gasteiger partial charge >= 0.3 is 6.09 Å². The molecule has 0 atom stereocenters. The van der Waals surface area contributed by atoms with Gasteiger partial charge in [-0.25, -0.2) is 9.78 Å². The van der Waals surface area contributed by atoms with E-state index in [1.165, 1.54) is 16.2 Å². The fraction of sp³-hybridized carbons (Fsp3) is 0.429. The van der Waals surface area contributed by atoms with Crippen molar-refractivity contribution in [3.8, 4) is 0 Å². The van der Waals surface area contributed by atoms with Crippen LogP contribution < -0.4 is 4.90 Å². The minimum absolute atomic E-state index is 0.602. The lowest BCUT2D eigenvalue weighted by atomic mass is 10.2. The van der Waals surface area contributed by atoms with Crippen molar-refractivity contribution >= 4 is 22.4 Å². The summed E-state index contributed by atoms with van der Waals surface area (Å²) in [7, 11) is 0. The Kier molecular flexibility index (Phi) is 1.73. The van der Waals surface area contributed by atoms with Crippen molar-refractivity contribution in [2.45, 2.75) is 12.8 Å². The van der Waals surface area contributed by atoms with Gasteiger partial charge in [0.15, 0.2) is 0 Å². The zero-order valence-corrected chi connectivity index (χ0v) is 7.17. The molecule has 12 heavy (non-hydrogen) atoms. The molecule has 0 aliphatic carbocycles. The van der Waals surface area contributed by atoms with Crippen LogP contribution in [0.1, 0.15) is 12.1 Å². The maximum Gasteiger partial charge on any atom is 0.412 e. The van der Waals surface area contributed by atoms with Crippen LogP contribution >= 0.6 is 11.3 Å². The normalized spacial score (nSPS) is 15.8. The van der Waals surface area contributed by atoms with E-state index in [0.717, 1.165) is 23.5 Å². The predicted molar refractivity (Wildman–Crippen MR) is 45.8 cm³/mol. The molecule has 0 spiro atoms. The minimum Gasteiger partial charge on any atom is -0.465 e. The van der Waals surface area contributed by atoms with Crippen LogP contribution in [0.15, 0.2) is 5.51 Å². The molecule has 0 fully saturated rings. The first kappa shape index (κ1) is 7.54. The van der Waals surface area contributed by atoms with Gasteiger partial charge in [0.2, 0.25) is 0 Å². The zero-order valence-electron chi connectivity index (χ0n) is 6.36. The lowest BCUT2D eigenvalue weighted by Gasteiger charge is -2.22. The SMILES string of the molecule is O=C(O)N1CCCc2ncsc21. The molecule has 0 unspecified atom stereocenters. The van der Waals surface area contributed by atoms with Crippen LogP contribution in [-0.2, 0) is 6.42 Å². The van der Waals surface area contributed by atoms with E-state index in [1.807, 2.05) is 0 Å². The summed E-state index contributed by atoms with van der Waals surface area (Å²) in [6.07, 6.45) is 0.909. The van der Waals surface area contributed by atoms with Crippen molar-refractivity contribution in [2.24, 2.45) is 0 Å². The van der Waals surface area contributed by atoms with E-state index in [-0.39, 0.29) is 0 Å². The number of carbonyl (C=O) groups is 1. The number of rotatable bonds is 0. The van der Waals surface area contributed by atoms with Gasteiger partial charge in [-0.15, -0.1) is 11.3 Å². The Balaban J connectivity index is 2.37. The monoisotopic (exact) mass is 184 g/mol. The molecule has 4 nitrogen and oxygen atoms in total. The van der Waals surface area contributed by atoms with E-state index in [4.69, 9.17) is 5.11 Å². The summed E-state index contributed by atoms with van der Waals surface area (Å²) in [6, 6.07) is 0. The molecule has 1 aliphatic heterocycles. The lowest BCUT2D eigenvalue weighted by molar-refractivity contribution is 0.201. The highest BCUT2D eigenvalue weighted by atomic mass is 32.1. The molecule has 0 radical (unpaired) electrons. The summed E-state index contributed by atoms with van der Waals surface area (Å²) in [5.41, 5.74) is 2.63. The molecule has 2 heterocycles. The van der Waals surface area contributed by atoms with Crippen molar-refractivity contribution in [1.82, 2.24) is 4.98 Å². The van der Waals surface area contributed by atoms with Crippen LogP contribution in [0.2, 0.25) is 0 Å². The van der Waals surface area contributed by atoms with Crippen molar-refractivity contribution < 1.29 is 9.90 Å². The third-order valence-electron chi connectivity index (χ3n) is 1.89. The number of nitrogens with zero attached hydrogens (tertiary/aromatic N) is 2. The Morgan fingerprint density at radius 1 is 1.75 bits per heavy atom. The van der Waals surface area contributed by atoms with Gasteiger partial charge in [0, 0.05) is 6.54 Å². The smallest absolute Gasteiger partial charge is 0.412 e. The third kappa shape index (κ3) is 1.06. The van der Waals surface area contributed by atoms with Gasteiger partial charge in [-0.05, 0) is 12.8 Å². The highest BCUT2D eigenvalue weighted by Crippen LogP contribution is 2.30. The van der Waals surface area contributed by atoms with E-state index < -0.39 is 6.09 Å². The van der Waals surface area contributed by atoms with Crippen LogP contribution in [0.4, 0.5) is 9.80 Å². The average Bonchev–Trinajstić information content (AvgIpc) is 2.49. The maximum atomic E-state index is 10.7. The zero-order chi connectivity index (χ0) is 8.55. The number of aromatic nitrogens is 1. The third-order valence-corrected chi connectivity index (χ3v) is 2.78. The summed E-state index contributed by atoms with van der Waals surface area (Å²) < 4.78 is 0. The number of carboxylic acid groups (broad SMARTS) is 1. The first-order valence-electron chi connectivity index (χ1n) is 3.72. The molecule has 0 saturated heterocycles. The first-order chi connectivity index (χ1) is 5.79. The molecule has 5 heteroatoms. The maximum absolute atomic E-state index is 10.7. The van der Waals surface area contributed by atoms with Crippen molar-refractivity contribution in [2.75, 3.05) is 11.4 Å². The second kappa shape index (κ2) is 2.75. The van der Waals surface area contributed by atoms with Crippen LogP contribution in [0.3, 0.4) is 0 Å². The van der Waals surface area contributed by atoms with Gasteiger partial charge in [-0.2, -0.15) is 0 Å². The first-order valence-corrected chi connectivity index (χ1v) is 4.60. The standard InChI is InChI=1S/C7H8N2O2S/c10-7(11)9-3-1-2-5-6(9)12-4-8-5/h4H,1-3H2,(H,10,11). The molecule has 1 aromatic heterocycles. The Bertz CT molecular complexity index is 310. The highest BCUT2D eigenvalue weighted by Gasteiger charge is 2.23. The van der Waals surface area contributed by atoms with Crippen molar-refractivity contribution in [3.63, 3.8) is 0 Å². The Labute approximate surface area is 73.5 Å². The molecular formula is C7H8N2O2S. The Morgan fingerprint density at radius 2 is 2.58 bits per heavy atom. The Morgan fingerprint density at radius 3 is 3.33 bits per heavy atom. The van der Waals surface area contributed by atoms with Crippen LogP contribution in [0.25, 0.3) is 0 Å². The number of thiazole rings is 1. The van der Waals surface area contributed by atoms with E-state index in [9.17, 15) is 4.79 Å². The number of amides is 1. The molecule has 1 N–H and O–H groups in total. The van der Waals surface area contributed by atoms with Crippen LogP contribution in [-0.4, -0.2) is 22.7 Å². The van der Waals surface area contributed by atoms with Gasteiger partial charge in [0.25, 0.3) is 0 Å². The quantitative estimate of drug-likeness (QED) is 0.666. The van der Waals surface area contributed by atoms with E-state index in [1.54, 1.807) is 5.51 Å². The van der Waals surface area contributed by atoms with Gasteiger partial charge in [0.05, 0.1) is 11.2 Å². The highest BCUT2D eigenvalue weighted by molar-refractivity contribution is 7.14. The fourth-order valence-corrected chi connectivity index (χ4v) is 2.21. The molecule has 1 amide bonds. The molecular weight excluding hydrogens is 176 g/mol. The average molecular weight is 184 g/mol. The second-order valence-corrected chi connectivity index (χ2v) is 3.48. The van der Waals surface area contributed by atoms with Gasteiger partial charge in [-0.1, -0.05) is 0 Å². The van der Waals surface area contributed by atoms with E-state index in [2.05, 4.69) is 4.98 Å². The van der Waals surface area contributed by atoms with Crippen molar-refractivity contribution in [1.29, 1.82) is 0 Å². The van der Waals surface area contributed by atoms with E-state index >= 15 is 0 Å². The van der Waals surface area contributed by atoms with Crippen LogP contribution in [0.5, 0.6) is 0 Å². The number of aryl methyl sites for hydroxylation is 1. The molecule has 0 aromatic carbocycles. The molecule has 0 saturated carbocycles. The number of anilines is 1. The number of fused-ring (bicyclic) bond motifs is 1. The number of hydrogen-bond acceptors (Lipinski definition) is 3. The van der Waals surface area contributed by atoms with Crippen LogP contribution in [0, 0.1) is 0 Å². The van der Waals surface area contributed by atoms with Gasteiger partial charge in [-0.3, -0.25) is 4.90 Å². The van der Waals surface area contributed by atoms with Crippen molar-refractivity contribution in [3.05, 3.63) is 11.2 Å². The molecule has 1 aromatic rings. The Hall–Kier alpha value is -1.10. The summed E-state index contributed by atoms with van der Waals surface area (Å²) in [4.78, 5) is 16.2. The largest absolute Gasteiger partial charge is 0.465 e. The topological polar surface area (TPSA) is 53.4 Å². The molecule has 64 valence electrons. The fourth-order valence-electron chi connectivity index (χ4n) is 1.34. The number of hydrogen-bond donors (Lipinski definition) is 1. The van der Waals surface area contributed by atoms with E-state index in [0.29, 0.717) is 6.54 Å². The molecule has 2 rings (SSSR count). The minimum atomic E-state index is -0.875. The molecule has 0 bridgehead atoms. The summed E-state index contributed by atoms with van der Waals surface area (Å²) in [5.74, 6) is 0. The predicted octanol–water partition coefficient (Wildman–Crippen LogP) is 1.57. The summed E-state index contributed by atoms with van der Waals surface area (Å²) >= 11 is 1.40. The summed E-state index contributed by atoms with van der Waals surface area (Å²) in [5, 5.41) is 9.61. The molecule has 1 aliphatic rings. The van der Waals surface area contributed by atoms with Gasteiger partial charge in [0.1, 0.15) is 5.00 Å². The summed E-state index contributed by atoms with van der Waals surface area (Å²) in [6.45, 7) is 0.602. The second-order valence-electron chi connectivity index (χ2n) is 2.64.